The summed E-state index contributed by atoms with van der Waals surface area (Å²) in [6.45, 7) is 3.20. The van der Waals surface area contributed by atoms with Gasteiger partial charge in [0.05, 0.1) is 12.7 Å². The van der Waals surface area contributed by atoms with Crippen LogP contribution in [0.4, 0.5) is 0 Å². The molecule has 64 valence electrons. The largest absolute Gasteiger partial charge is 0.374 e. The van der Waals surface area contributed by atoms with Crippen molar-refractivity contribution in [3.8, 4) is 0 Å². The van der Waals surface area contributed by atoms with Crippen LogP contribution < -0.4 is 0 Å². The minimum absolute atomic E-state index is 0.283. The van der Waals surface area contributed by atoms with E-state index >= 15 is 0 Å². The number of nitrogens with zero attached hydrogens (tertiary/aromatic N) is 1. The molecule has 0 bridgehead atoms. The third kappa shape index (κ3) is 1.53. The van der Waals surface area contributed by atoms with E-state index in [1.807, 2.05) is 0 Å². The zero-order valence-electron chi connectivity index (χ0n) is 6.63. The Morgan fingerprint density at radius 3 is 3.27 bits per heavy atom. The van der Waals surface area contributed by atoms with Crippen LogP contribution in [0.3, 0.4) is 0 Å². The van der Waals surface area contributed by atoms with E-state index in [1.54, 1.807) is 0 Å². The Labute approximate surface area is 72.5 Å². The molecule has 2 rings (SSSR count). The summed E-state index contributed by atoms with van der Waals surface area (Å²) in [5.41, 5.74) is 0. The average Bonchev–Trinajstić information content (AvgIpc) is 2.50. The Morgan fingerprint density at radius 2 is 2.45 bits per heavy atom. The number of hydrogen-bond donors (Lipinski definition) is 0. The zero-order chi connectivity index (χ0) is 7.68. The maximum Gasteiger partial charge on any atom is 0.0837 e. The van der Waals surface area contributed by atoms with Crippen LogP contribution in [0.25, 0.3) is 0 Å². The fourth-order valence-corrected chi connectivity index (χ4v) is 2.17. The summed E-state index contributed by atoms with van der Waals surface area (Å²) in [4.78, 5) is 2.51. The standard InChI is InChI=1S/C8H14ClNO/c9-4-8-5-10-3-1-2-7(10)6-11-8/h7-8H,1-6H2/t7-,8+/m1/s1. The molecule has 0 amide bonds. The van der Waals surface area contributed by atoms with Crippen molar-refractivity contribution in [1.82, 2.24) is 4.90 Å². The number of rotatable bonds is 1. The molecular formula is C8H14ClNO. The molecule has 0 aromatic heterocycles. The maximum absolute atomic E-state index is 5.72. The highest BCUT2D eigenvalue weighted by Gasteiger charge is 2.31. The van der Waals surface area contributed by atoms with Crippen molar-refractivity contribution in [3.63, 3.8) is 0 Å². The Kier molecular flexibility index (Phi) is 2.35. The van der Waals surface area contributed by atoms with E-state index in [-0.39, 0.29) is 6.10 Å². The number of morpholine rings is 1. The molecule has 2 aliphatic rings. The number of ether oxygens (including phenoxy) is 1. The van der Waals surface area contributed by atoms with E-state index in [0.717, 1.165) is 13.2 Å². The van der Waals surface area contributed by atoms with E-state index in [4.69, 9.17) is 16.3 Å². The molecule has 0 aliphatic carbocycles. The number of alkyl halides is 1. The van der Waals surface area contributed by atoms with Crippen molar-refractivity contribution in [3.05, 3.63) is 0 Å². The smallest absolute Gasteiger partial charge is 0.0837 e. The summed E-state index contributed by atoms with van der Waals surface area (Å²) in [7, 11) is 0. The Morgan fingerprint density at radius 1 is 1.55 bits per heavy atom. The van der Waals surface area contributed by atoms with Gasteiger partial charge in [0, 0.05) is 18.5 Å². The molecule has 0 aromatic rings. The predicted molar refractivity (Wildman–Crippen MR) is 45.1 cm³/mol. The third-order valence-corrected chi connectivity index (χ3v) is 2.98. The van der Waals surface area contributed by atoms with Crippen LogP contribution >= 0.6 is 11.6 Å². The van der Waals surface area contributed by atoms with E-state index in [0.29, 0.717) is 11.9 Å². The van der Waals surface area contributed by atoms with E-state index in [2.05, 4.69) is 4.90 Å². The molecule has 0 spiro atoms. The van der Waals surface area contributed by atoms with Gasteiger partial charge >= 0.3 is 0 Å². The monoisotopic (exact) mass is 175 g/mol. The Balaban J connectivity index is 1.91. The van der Waals surface area contributed by atoms with Gasteiger partial charge in [-0.05, 0) is 19.4 Å². The minimum atomic E-state index is 0.283. The first-order chi connectivity index (χ1) is 5.40. The van der Waals surface area contributed by atoms with Gasteiger partial charge in [-0.3, -0.25) is 4.90 Å². The van der Waals surface area contributed by atoms with Gasteiger partial charge in [-0.25, -0.2) is 0 Å². The first-order valence-electron chi connectivity index (χ1n) is 4.32. The fourth-order valence-electron chi connectivity index (χ4n) is 1.98. The summed E-state index contributed by atoms with van der Waals surface area (Å²) < 4.78 is 5.57. The van der Waals surface area contributed by atoms with Crippen LogP contribution in [0.1, 0.15) is 12.8 Å². The fraction of sp³-hybridized carbons (Fsp3) is 1.00. The Bertz CT molecular complexity index is 142. The van der Waals surface area contributed by atoms with E-state index in [1.165, 1.54) is 19.4 Å². The van der Waals surface area contributed by atoms with Crippen LogP contribution in [0.2, 0.25) is 0 Å². The van der Waals surface area contributed by atoms with Gasteiger partial charge in [0.25, 0.3) is 0 Å². The number of halogens is 1. The highest BCUT2D eigenvalue weighted by molar-refractivity contribution is 6.18. The molecule has 3 heteroatoms. The van der Waals surface area contributed by atoms with Crippen molar-refractivity contribution >= 4 is 11.6 Å². The molecule has 2 atom stereocenters. The van der Waals surface area contributed by atoms with Crippen molar-refractivity contribution in [2.24, 2.45) is 0 Å². The summed E-state index contributed by atoms with van der Waals surface area (Å²) in [6.07, 6.45) is 2.93. The molecule has 0 N–H and O–H groups in total. The number of fused-ring (bicyclic) bond motifs is 1. The minimum Gasteiger partial charge on any atom is -0.374 e. The lowest BCUT2D eigenvalue weighted by Crippen LogP contribution is -2.46. The number of hydrogen-bond acceptors (Lipinski definition) is 2. The van der Waals surface area contributed by atoms with Crippen molar-refractivity contribution < 1.29 is 4.74 Å². The van der Waals surface area contributed by atoms with Gasteiger partial charge in [-0.2, -0.15) is 0 Å². The normalized spacial score (nSPS) is 39.0. The lowest BCUT2D eigenvalue weighted by atomic mass is 10.2. The predicted octanol–water partition coefficient (Wildman–Crippen LogP) is 1.09. The molecule has 0 aromatic carbocycles. The molecule has 2 nitrogen and oxygen atoms in total. The van der Waals surface area contributed by atoms with E-state index < -0.39 is 0 Å². The van der Waals surface area contributed by atoms with Gasteiger partial charge in [-0.15, -0.1) is 11.6 Å². The van der Waals surface area contributed by atoms with Crippen molar-refractivity contribution in [2.75, 3.05) is 25.6 Å². The first-order valence-corrected chi connectivity index (χ1v) is 4.85. The highest BCUT2D eigenvalue weighted by Crippen LogP contribution is 2.22. The van der Waals surface area contributed by atoms with Gasteiger partial charge in [0.2, 0.25) is 0 Å². The molecule has 2 saturated heterocycles. The average molecular weight is 176 g/mol. The summed E-state index contributed by atoms with van der Waals surface area (Å²) >= 11 is 5.72. The second-order valence-corrected chi connectivity index (χ2v) is 3.71. The molecule has 11 heavy (non-hydrogen) atoms. The second-order valence-electron chi connectivity index (χ2n) is 3.40. The van der Waals surface area contributed by atoms with Gasteiger partial charge in [0.1, 0.15) is 0 Å². The zero-order valence-corrected chi connectivity index (χ0v) is 7.39. The maximum atomic E-state index is 5.72. The molecule has 2 fully saturated rings. The second kappa shape index (κ2) is 3.30. The lowest BCUT2D eigenvalue weighted by Gasteiger charge is -2.34. The topological polar surface area (TPSA) is 12.5 Å². The first kappa shape index (κ1) is 7.84. The van der Waals surface area contributed by atoms with Crippen LogP contribution in [-0.4, -0.2) is 42.6 Å². The van der Waals surface area contributed by atoms with Crippen LogP contribution in [0.15, 0.2) is 0 Å². The highest BCUT2D eigenvalue weighted by atomic mass is 35.5. The van der Waals surface area contributed by atoms with Gasteiger partial charge in [-0.1, -0.05) is 0 Å². The van der Waals surface area contributed by atoms with Gasteiger partial charge < -0.3 is 4.74 Å². The summed E-state index contributed by atoms with van der Waals surface area (Å²) in [6, 6.07) is 0.703. The molecule has 0 unspecified atom stereocenters. The van der Waals surface area contributed by atoms with Crippen LogP contribution in [0.5, 0.6) is 0 Å². The summed E-state index contributed by atoms with van der Waals surface area (Å²) in [5.74, 6) is 0.642. The SMILES string of the molecule is ClC[C@H]1CN2CCC[C@@H]2CO1. The van der Waals surface area contributed by atoms with Gasteiger partial charge in [0.15, 0.2) is 0 Å². The lowest BCUT2D eigenvalue weighted by molar-refractivity contribution is -0.0372. The van der Waals surface area contributed by atoms with Crippen LogP contribution in [-0.2, 0) is 4.74 Å². The van der Waals surface area contributed by atoms with Crippen LogP contribution in [0, 0.1) is 0 Å². The quantitative estimate of drug-likeness (QED) is 0.554. The third-order valence-electron chi connectivity index (χ3n) is 2.63. The molecule has 2 heterocycles. The summed E-state index contributed by atoms with van der Waals surface area (Å²) in [5, 5.41) is 0. The molecular weight excluding hydrogens is 162 g/mol. The van der Waals surface area contributed by atoms with Crippen molar-refractivity contribution in [2.45, 2.75) is 25.0 Å². The Hall–Kier alpha value is 0.210. The van der Waals surface area contributed by atoms with Crippen molar-refractivity contribution in [1.29, 1.82) is 0 Å². The molecule has 2 aliphatic heterocycles. The van der Waals surface area contributed by atoms with E-state index in [9.17, 15) is 0 Å². The molecule has 0 saturated carbocycles. The molecule has 0 radical (unpaired) electrons.